The highest BCUT2D eigenvalue weighted by molar-refractivity contribution is 6.01. The number of halogens is 1. The van der Waals surface area contributed by atoms with E-state index >= 15 is 0 Å². The Morgan fingerprint density at radius 1 is 1.14 bits per heavy atom. The molecular formula is C27H30FN7O2. The number of nitrogens with zero attached hydrogens (tertiary/aromatic N) is 6. The van der Waals surface area contributed by atoms with Crippen LogP contribution in [0.3, 0.4) is 0 Å². The van der Waals surface area contributed by atoms with E-state index in [2.05, 4.69) is 20.7 Å². The van der Waals surface area contributed by atoms with Crippen LogP contribution in [-0.4, -0.2) is 42.6 Å². The van der Waals surface area contributed by atoms with E-state index in [9.17, 15) is 14.0 Å². The zero-order valence-corrected chi connectivity index (χ0v) is 21.0. The molecule has 37 heavy (non-hydrogen) atoms. The number of aromatic nitrogens is 5. The summed E-state index contributed by atoms with van der Waals surface area (Å²) >= 11 is 0. The average molecular weight is 504 g/mol. The van der Waals surface area contributed by atoms with Crippen molar-refractivity contribution in [3.63, 3.8) is 0 Å². The largest absolute Gasteiger partial charge is 0.351 e. The van der Waals surface area contributed by atoms with Crippen molar-refractivity contribution >= 4 is 28.5 Å². The zero-order valence-electron chi connectivity index (χ0n) is 21.0. The monoisotopic (exact) mass is 503 g/mol. The molecule has 2 heterocycles. The molecule has 1 aliphatic rings. The number of amides is 2. The quantitative estimate of drug-likeness (QED) is 0.413. The molecule has 0 bridgehead atoms. The van der Waals surface area contributed by atoms with Gasteiger partial charge in [-0.3, -0.25) is 19.2 Å². The number of nitrogens with one attached hydrogen (secondary N) is 1. The first-order chi connectivity index (χ1) is 17.9. The van der Waals surface area contributed by atoms with Gasteiger partial charge in [-0.15, -0.1) is 5.10 Å². The highest BCUT2D eigenvalue weighted by atomic mass is 19.1. The van der Waals surface area contributed by atoms with E-state index in [-0.39, 0.29) is 24.2 Å². The predicted molar refractivity (Wildman–Crippen MR) is 137 cm³/mol. The molecule has 1 fully saturated rings. The van der Waals surface area contributed by atoms with Crippen LogP contribution >= 0.6 is 0 Å². The lowest BCUT2D eigenvalue weighted by Gasteiger charge is -2.33. The number of carbonyl (C=O) groups excluding carboxylic acids is 2. The molecule has 0 unspecified atom stereocenters. The summed E-state index contributed by atoms with van der Waals surface area (Å²) in [5.41, 5.74) is 2.82. The molecule has 0 radical (unpaired) electrons. The van der Waals surface area contributed by atoms with Crippen LogP contribution in [0, 0.1) is 12.7 Å². The summed E-state index contributed by atoms with van der Waals surface area (Å²) in [5, 5.41) is 15.9. The van der Waals surface area contributed by atoms with Crippen molar-refractivity contribution in [3.8, 4) is 0 Å². The molecule has 0 spiro atoms. The summed E-state index contributed by atoms with van der Waals surface area (Å²) < 4.78 is 17.5. The van der Waals surface area contributed by atoms with Crippen LogP contribution in [0.5, 0.6) is 0 Å². The van der Waals surface area contributed by atoms with Gasteiger partial charge in [0.1, 0.15) is 23.9 Å². The highest BCUT2D eigenvalue weighted by Crippen LogP contribution is 2.31. The summed E-state index contributed by atoms with van der Waals surface area (Å²) in [4.78, 5) is 29.3. The van der Waals surface area contributed by atoms with E-state index in [1.54, 1.807) is 30.9 Å². The molecule has 1 atom stereocenters. The number of rotatable bonds is 7. The maximum atomic E-state index is 14.4. The Morgan fingerprint density at radius 2 is 1.92 bits per heavy atom. The van der Waals surface area contributed by atoms with Crippen molar-refractivity contribution in [2.45, 2.75) is 57.7 Å². The van der Waals surface area contributed by atoms with Gasteiger partial charge in [0.05, 0.1) is 11.2 Å². The van der Waals surface area contributed by atoms with Crippen LogP contribution in [0.2, 0.25) is 0 Å². The van der Waals surface area contributed by atoms with Crippen molar-refractivity contribution in [2.24, 2.45) is 7.05 Å². The molecule has 1 aliphatic carbocycles. The smallest absolute Gasteiger partial charge is 0.249 e. The maximum absolute atomic E-state index is 14.4. The van der Waals surface area contributed by atoms with E-state index in [1.165, 1.54) is 27.8 Å². The van der Waals surface area contributed by atoms with Crippen LogP contribution < -0.4 is 10.2 Å². The first-order valence-corrected chi connectivity index (χ1v) is 12.6. The third-order valence-corrected chi connectivity index (χ3v) is 6.86. The fourth-order valence-corrected chi connectivity index (χ4v) is 5.11. The van der Waals surface area contributed by atoms with Crippen LogP contribution in [0.4, 0.5) is 10.1 Å². The Hall–Kier alpha value is -4.08. The van der Waals surface area contributed by atoms with Crippen LogP contribution in [-0.2, 0) is 23.2 Å². The maximum Gasteiger partial charge on any atom is 0.249 e. The summed E-state index contributed by atoms with van der Waals surface area (Å²) in [5.74, 6) is -1.24. The normalized spacial score (nSPS) is 15.0. The molecule has 0 saturated heterocycles. The van der Waals surface area contributed by atoms with Gasteiger partial charge in [-0.05, 0) is 50.1 Å². The van der Waals surface area contributed by atoms with E-state index in [0.29, 0.717) is 22.3 Å². The average Bonchev–Trinajstić information content (AvgIpc) is 3.44. The molecule has 2 amide bonds. The van der Waals surface area contributed by atoms with Crippen LogP contribution in [0.1, 0.15) is 49.4 Å². The molecule has 4 aromatic rings. The van der Waals surface area contributed by atoms with Gasteiger partial charge in [0.15, 0.2) is 0 Å². The number of fused-ring (bicyclic) bond motifs is 1. The van der Waals surface area contributed by atoms with Gasteiger partial charge in [0.2, 0.25) is 11.8 Å². The Labute approximate surface area is 214 Å². The van der Waals surface area contributed by atoms with E-state index in [1.807, 2.05) is 24.3 Å². The molecule has 1 N–H and O–H groups in total. The van der Waals surface area contributed by atoms with E-state index < -0.39 is 17.8 Å². The SMILES string of the molecule is Cc1nn(C)cc1[C@H](C(=O)NC1CCCCC1)N(C(=O)Cn1nnc2ccccc21)c1cccc(F)c1. The molecule has 10 heteroatoms. The lowest BCUT2D eigenvalue weighted by Crippen LogP contribution is -2.48. The zero-order chi connectivity index (χ0) is 25.9. The Bertz CT molecular complexity index is 1420. The minimum atomic E-state index is -1.04. The van der Waals surface area contributed by atoms with Gasteiger partial charge in [-0.25, -0.2) is 9.07 Å². The topological polar surface area (TPSA) is 97.9 Å². The molecule has 2 aromatic heterocycles. The van der Waals surface area contributed by atoms with Crippen molar-refractivity contribution in [1.82, 2.24) is 30.1 Å². The molecule has 5 rings (SSSR count). The number of anilines is 1. The van der Waals surface area contributed by atoms with Crippen molar-refractivity contribution in [1.29, 1.82) is 0 Å². The molecule has 192 valence electrons. The molecule has 1 saturated carbocycles. The van der Waals surface area contributed by atoms with Gasteiger partial charge < -0.3 is 5.32 Å². The van der Waals surface area contributed by atoms with E-state index in [4.69, 9.17) is 0 Å². The van der Waals surface area contributed by atoms with Gasteiger partial charge in [0.25, 0.3) is 0 Å². The highest BCUT2D eigenvalue weighted by Gasteiger charge is 2.36. The number of carbonyl (C=O) groups is 2. The number of aryl methyl sites for hydroxylation is 2. The second-order valence-corrected chi connectivity index (χ2v) is 9.57. The fraction of sp³-hybridized carbons (Fsp3) is 0.370. The lowest BCUT2D eigenvalue weighted by molar-refractivity contribution is -0.127. The second-order valence-electron chi connectivity index (χ2n) is 9.57. The Kier molecular flexibility index (Phi) is 6.98. The molecular weight excluding hydrogens is 473 g/mol. The summed E-state index contributed by atoms with van der Waals surface area (Å²) in [7, 11) is 1.77. The van der Waals surface area contributed by atoms with Gasteiger partial charge in [0, 0.05) is 30.5 Å². The molecule has 9 nitrogen and oxygen atoms in total. The van der Waals surface area contributed by atoms with E-state index in [0.717, 1.165) is 32.1 Å². The van der Waals surface area contributed by atoms with Gasteiger partial charge in [-0.2, -0.15) is 5.10 Å². The second kappa shape index (κ2) is 10.5. The van der Waals surface area contributed by atoms with Crippen LogP contribution in [0.25, 0.3) is 11.0 Å². The third-order valence-electron chi connectivity index (χ3n) is 6.86. The van der Waals surface area contributed by atoms with Crippen LogP contribution in [0.15, 0.2) is 54.7 Å². The third kappa shape index (κ3) is 5.23. The molecule has 2 aromatic carbocycles. The number of hydrogen-bond acceptors (Lipinski definition) is 5. The summed E-state index contributed by atoms with van der Waals surface area (Å²) in [6.07, 6.45) is 6.77. The lowest BCUT2D eigenvalue weighted by atomic mass is 9.94. The molecule has 0 aliphatic heterocycles. The standard InChI is InChI=1S/C27H30FN7O2/c1-18-22(16-33(2)31-18)26(27(37)29-20-10-4-3-5-11-20)35(21-12-8-9-19(28)15-21)25(36)17-34-24-14-7-6-13-23(24)30-32-34/h6-9,12-16,20,26H,3-5,10-11,17H2,1-2H3,(H,29,37)/t26-/m1/s1. The van der Waals surface area contributed by atoms with Crippen molar-refractivity contribution < 1.29 is 14.0 Å². The van der Waals surface area contributed by atoms with Gasteiger partial charge >= 0.3 is 0 Å². The van der Waals surface area contributed by atoms with Crippen molar-refractivity contribution in [3.05, 3.63) is 71.8 Å². The fourth-order valence-electron chi connectivity index (χ4n) is 5.11. The minimum Gasteiger partial charge on any atom is -0.351 e. The minimum absolute atomic E-state index is 0.0319. The number of benzene rings is 2. The Morgan fingerprint density at radius 3 is 2.65 bits per heavy atom. The first kappa shape index (κ1) is 24.6. The summed E-state index contributed by atoms with van der Waals surface area (Å²) in [6.45, 7) is 1.62. The van der Waals surface area contributed by atoms with Gasteiger partial charge in [-0.1, -0.05) is 42.7 Å². The first-order valence-electron chi connectivity index (χ1n) is 12.6. The Balaban J connectivity index is 1.57. The number of para-hydroxylation sites is 1. The number of hydrogen-bond donors (Lipinski definition) is 1. The predicted octanol–water partition coefficient (Wildman–Crippen LogP) is 3.84. The summed E-state index contributed by atoms with van der Waals surface area (Å²) in [6, 6.07) is 12.1. The van der Waals surface area contributed by atoms with Crippen molar-refractivity contribution in [2.75, 3.05) is 4.90 Å².